The molecule has 4 nitrogen and oxygen atoms in total. The Morgan fingerprint density at radius 3 is 2.52 bits per heavy atom. The van der Waals surface area contributed by atoms with Gasteiger partial charge in [-0.05, 0) is 57.3 Å². The third kappa shape index (κ3) is 3.75. The Hall–Kier alpha value is -3.67. The molecule has 5 heteroatoms. The molecule has 6 rings (SSSR count). The van der Waals surface area contributed by atoms with E-state index < -0.39 is 0 Å². The Bertz CT molecular complexity index is 1430. The molecule has 3 aliphatic rings. The van der Waals surface area contributed by atoms with Gasteiger partial charge in [0, 0.05) is 5.56 Å². The van der Waals surface area contributed by atoms with Crippen LogP contribution >= 0.6 is 11.8 Å². The lowest BCUT2D eigenvalue weighted by Crippen LogP contribution is -2.30. The molecule has 0 fully saturated rings. The van der Waals surface area contributed by atoms with Crippen molar-refractivity contribution in [3.63, 3.8) is 0 Å². The Labute approximate surface area is 195 Å². The van der Waals surface area contributed by atoms with Gasteiger partial charge in [0.25, 0.3) is 5.91 Å². The molecule has 0 spiro atoms. The van der Waals surface area contributed by atoms with E-state index in [9.17, 15) is 4.79 Å². The fraction of sp³-hybridized carbons (Fsp3) is 0.0714. The van der Waals surface area contributed by atoms with Crippen molar-refractivity contribution in [3.05, 3.63) is 112 Å². The molecular formula is C28H19NO3S. The molecule has 2 bridgehead atoms. The molecule has 1 heterocycles. The highest BCUT2D eigenvalue weighted by Crippen LogP contribution is 2.42. The lowest BCUT2D eigenvalue weighted by molar-refractivity contribution is -0.113. The first-order chi connectivity index (χ1) is 16.3. The molecule has 3 aromatic rings. The van der Waals surface area contributed by atoms with Crippen LogP contribution in [0.4, 0.5) is 0 Å². The topological polar surface area (TPSA) is 47.9 Å². The monoisotopic (exact) mass is 449 g/mol. The molecule has 0 N–H and O–H groups in total. The molecule has 1 atom stereocenters. The summed E-state index contributed by atoms with van der Waals surface area (Å²) in [4.78, 5) is 16.4. The van der Waals surface area contributed by atoms with E-state index in [1.54, 1.807) is 5.55 Å². The van der Waals surface area contributed by atoms with Gasteiger partial charge in [-0.3, -0.25) is 4.79 Å². The number of benzene rings is 3. The number of carbonyl (C=O) groups excluding carboxylic acids is 1. The van der Waals surface area contributed by atoms with Crippen LogP contribution in [0, 0.1) is 0 Å². The zero-order valence-electron chi connectivity index (χ0n) is 17.6. The van der Waals surface area contributed by atoms with Crippen molar-refractivity contribution >= 4 is 45.6 Å². The van der Waals surface area contributed by atoms with Gasteiger partial charge in [0.2, 0.25) is 0 Å². The third-order valence-electron chi connectivity index (χ3n) is 5.92. The number of fused-ring (bicyclic) bond motifs is 3. The highest BCUT2D eigenvalue weighted by atomic mass is 32.2. The van der Waals surface area contributed by atoms with Crippen molar-refractivity contribution in [2.75, 3.05) is 6.79 Å². The van der Waals surface area contributed by atoms with Crippen LogP contribution in [0.25, 0.3) is 22.4 Å². The maximum Gasteiger partial charge on any atom is 0.284 e. The van der Waals surface area contributed by atoms with Crippen LogP contribution in [0.2, 0.25) is 0 Å². The summed E-state index contributed by atoms with van der Waals surface area (Å²) in [5, 5.41) is 2.15. The van der Waals surface area contributed by atoms with Crippen LogP contribution in [0.3, 0.4) is 0 Å². The molecule has 3 aromatic carbocycles. The average molecular weight is 450 g/mol. The van der Waals surface area contributed by atoms with Gasteiger partial charge in [-0.2, -0.15) is 0 Å². The molecule has 0 saturated heterocycles. The van der Waals surface area contributed by atoms with Gasteiger partial charge in [0.1, 0.15) is 11.9 Å². The molecule has 2 aliphatic carbocycles. The predicted molar refractivity (Wildman–Crippen MR) is 134 cm³/mol. The van der Waals surface area contributed by atoms with Gasteiger partial charge in [0.15, 0.2) is 6.79 Å². The standard InChI is InChI=1S/C28H19NO3S/c30-28-26(33-16-29-28)15-22-12-19-8-4-5-9-20(19)14-25(22)31-17-32-27-21-10-11-23(24(27)13-21)18-6-2-1-3-7-18/h1-16,27H,17H2/b26-15-. The molecule has 0 radical (unpaired) electrons. The first-order valence-electron chi connectivity index (χ1n) is 10.7. The second-order valence-corrected chi connectivity index (χ2v) is 8.81. The summed E-state index contributed by atoms with van der Waals surface area (Å²) in [5.74, 6) is 0.449. The number of carbonyl (C=O) groups is 1. The molecule has 1 amide bonds. The Morgan fingerprint density at radius 2 is 1.76 bits per heavy atom. The van der Waals surface area contributed by atoms with Gasteiger partial charge >= 0.3 is 0 Å². The fourth-order valence-corrected chi connectivity index (χ4v) is 4.84. The molecule has 160 valence electrons. The second-order valence-electron chi connectivity index (χ2n) is 7.92. The van der Waals surface area contributed by atoms with Crippen LogP contribution < -0.4 is 4.74 Å². The minimum Gasteiger partial charge on any atom is -0.467 e. The van der Waals surface area contributed by atoms with E-state index in [0.717, 1.165) is 21.9 Å². The van der Waals surface area contributed by atoms with Gasteiger partial charge in [-0.1, -0.05) is 78.5 Å². The number of amides is 1. The number of hydrogen-bond donors (Lipinski definition) is 0. The zero-order chi connectivity index (χ0) is 22.2. The number of rotatable bonds is 6. The molecule has 33 heavy (non-hydrogen) atoms. The van der Waals surface area contributed by atoms with Gasteiger partial charge in [0.05, 0.1) is 10.5 Å². The number of hydrogen-bond acceptors (Lipinski definition) is 4. The summed E-state index contributed by atoms with van der Waals surface area (Å²) >= 11 is 1.32. The highest BCUT2D eigenvalue weighted by Gasteiger charge is 2.33. The molecule has 0 aromatic heterocycles. The van der Waals surface area contributed by atoms with Crippen LogP contribution in [0.5, 0.6) is 5.75 Å². The smallest absolute Gasteiger partial charge is 0.284 e. The van der Waals surface area contributed by atoms with Crippen LogP contribution in [-0.4, -0.2) is 24.4 Å². The zero-order valence-corrected chi connectivity index (χ0v) is 18.4. The minimum atomic E-state index is -0.225. The average Bonchev–Trinajstić information content (AvgIpc) is 3.26. The fourth-order valence-electron chi connectivity index (χ4n) is 4.23. The van der Waals surface area contributed by atoms with Crippen molar-refractivity contribution in [2.45, 2.75) is 6.10 Å². The summed E-state index contributed by atoms with van der Waals surface area (Å²) in [7, 11) is 0. The lowest BCUT2D eigenvalue weighted by atomic mass is 9.77. The van der Waals surface area contributed by atoms with Crippen LogP contribution in [0.15, 0.2) is 106 Å². The van der Waals surface area contributed by atoms with E-state index in [1.807, 2.05) is 60.7 Å². The van der Waals surface area contributed by atoms with Gasteiger partial charge in [-0.15, -0.1) is 0 Å². The lowest BCUT2D eigenvalue weighted by Gasteiger charge is -2.35. The Morgan fingerprint density at radius 1 is 0.970 bits per heavy atom. The van der Waals surface area contributed by atoms with Crippen molar-refractivity contribution < 1.29 is 14.3 Å². The van der Waals surface area contributed by atoms with Crippen LogP contribution in [0.1, 0.15) is 11.1 Å². The first-order valence-corrected chi connectivity index (χ1v) is 11.6. The van der Waals surface area contributed by atoms with Crippen molar-refractivity contribution in [3.8, 4) is 5.75 Å². The normalized spacial score (nSPS) is 19.9. The number of ether oxygens (including phenoxy) is 2. The van der Waals surface area contributed by atoms with E-state index in [-0.39, 0.29) is 18.8 Å². The maximum atomic E-state index is 12.0. The number of aliphatic imine (C=N–C) groups is 1. The quantitative estimate of drug-likeness (QED) is 0.334. The van der Waals surface area contributed by atoms with E-state index >= 15 is 0 Å². The Kier molecular flexibility index (Phi) is 5.06. The van der Waals surface area contributed by atoms with E-state index in [4.69, 9.17) is 9.47 Å². The summed E-state index contributed by atoms with van der Waals surface area (Å²) in [5.41, 5.74) is 7.08. The summed E-state index contributed by atoms with van der Waals surface area (Å²) in [6, 6.07) is 22.4. The number of allylic oxidation sites excluding steroid dienone is 2. The van der Waals surface area contributed by atoms with E-state index in [1.165, 1.54) is 28.5 Å². The van der Waals surface area contributed by atoms with Crippen molar-refractivity contribution in [2.24, 2.45) is 4.99 Å². The Balaban J connectivity index is 1.21. The number of thioether (sulfide) groups is 1. The van der Waals surface area contributed by atoms with Gasteiger partial charge < -0.3 is 9.47 Å². The summed E-state index contributed by atoms with van der Waals surface area (Å²) in [6.45, 7) is 0.105. The maximum absolute atomic E-state index is 12.0. The first kappa shape index (κ1) is 20.0. The SMILES string of the molecule is O=C1N=CS/C1=C\c1cc2ccccc2cc1OCOC1c2ccc(-c3ccccc3)c1c2. The van der Waals surface area contributed by atoms with E-state index in [2.05, 4.69) is 35.4 Å². The van der Waals surface area contributed by atoms with Crippen LogP contribution in [-0.2, 0) is 9.53 Å². The molecule has 0 saturated carbocycles. The number of nitrogens with zero attached hydrogens (tertiary/aromatic N) is 1. The van der Waals surface area contributed by atoms with Gasteiger partial charge in [-0.25, -0.2) is 4.99 Å². The minimum absolute atomic E-state index is 0.0900. The highest BCUT2D eigenvalue weighted by molar-refractivity contribution is 8.16. The third-order valence-corrected chi connectivity index (χ3v) is 6.68. The molecule has 1 unspecified atom stereocenters. The van der Waals surface area contributed by atoms with Crippen molar-refractivity contribution in [1.29, 1.82) is 0 Å². The second kappa shape index (κ2) is 8.35. The molecular weight excluding hydrogens is 430 g/mol. The van der Waals surface area contributed by atoms with E-state index in [0.29, 0.717) is 10.7 Å². The summed E-state index contributed by atoms with van der Waals surface area (Å²) < 4.78 is 12.2. The molecule has 1 aliphatic heterocycles. The summed E-state index contributed by atoms with van der Waals surface area (Å²) in [6.07, 6.45) is 8.16. The predicted octanol–water partition coefficient (Wildman–Crippen LogP) is 6.17. The largest absolute Gasteiger partial charge is 0.467 e. The van der Waals surface area contributed by atoms with Crippen molar-refractivity contribution in [1.82, 2.24) is 0 Å².